The number of rotatable bonds is 6. The summed E-state index contributed by atoms with van der Waals surface area (Å²) in [6, 6.07) is 4.34. The Hall–Kier alpha value is -0.540. The fourth-order valence-electron chi connectivity index (χ4n) is 4.17. The van der Waals surface area contributed by atoms with E-state index in [1.54, 1.807) is 0 Å². The van der Waals surface area contributed by atoms with E-state index in [0.717, 1.165) is 47.7 Å². The van der Waals surface area contributed by atoms with Crippen LogP contribution in [0.25, 0.3) is 0 Å². The van der Waals surface area contributed by atoms with Gasteiger partial charge >= 0.3 is 0 Å². The van der Waals surface area contributed by atoms with Gasteiger partial charge in [0.15, 0.2) is 0 Å². The standard InChI is InChI=1S/C18H26BrNO/c1-3-20-10-15-9-17(19)6-12(2)18(15)21-11-16-8-13-4-5-14(16)7-13/h6,9,13-14,16,20H,3-5,7-8,10-11H2,1-2H3. The second-order valence-electron chi connectivity index (χ2n) is 6.74. The molecule has 2 nitrogen and oxygen atoms in total. The van der Waals surface area contributed by atoms with Crippen LogP contribution in [-0.2, 0) is 6.54 Å². The molecule has 0 radical (unpaired) electrons. The van der Waals surface area contributed by atoms with Crippen LogP contribution in [-0.4, -0.2) is 13.2 Å². The molecule has 2 aliphatic rings. The number of halogens is 1. The fraction of sp³-hybridized carbons (Fsp3) is 0.667. The van der Waals surface area contributed by atoms with Crippen LogP contribution in [0.4, 0.5) is 0 Å². The smallest absolute Gasteiger partial charge is 0.126 e. The first-order chi connectivity index (χ1) is 10.2. The van der Waals surface area contributed by atoms with E-state index in [0.29, 0.717) is 0 Å². The molecule has 0 amide bonds. The number of aryl methyl sites for hydroxylation is 1. The molecule has 2 aliphatic carbocycles. The van der Waals surface area contributed by atoms with Crippen molar-refractivity contribution in [2.45, 2.75) is 46.1 Å². The molecule has 0 aliphatic heterocycles. The van der Waals surface area contributed by atoms with Gasteiger partial charge in [-0.2, -0.15) is 0 Å². The van der Waals surface area contributed by atoms with Crippen LogP contribution in [0.3, 0.4) is 0 Å². The van der Waals surface area contributed by atoms with E-state index in [1.165, 1.54) is 36.8 Å². The van der Waals surface area contributed by atoms with Crippen LogP contribution in [0.1, 0.15) is 43.7 Å². The minimum atomic E-state index is 0.791. The first kappa shape index (κ1) is 15.4. The number of nitrogens with one attached hydrogen (secondary N) is 1. The van der Waals surface area contributed by atoms with Crippen LogP contribution < -0.4 is 10.1 Å². The van der Waals surface area contributed by atoms with E-state index in [2.05, 4.69) is 47.2 Å². The van der Waals surface area contributed by atoms with Gasteiger partial charge in [-0.05, 0) is 68.2 Å². The van der Waals surface area contributed by atoms with Crippen molar-refractivity contribution >= 4 is 15.9 Å². The van der Waals surface area contributed by atoms with Crippen LogP contribution in [0.15, 0.2) is 16.6 Å². The number of fused-ring (bicyclic) bond motifs is 2. The molecule has 1 aromatic carbocycles. The molecule has 0 aromatic heterocycles. The van der Waals surface area contributed by atoms with Crippen molar-refractivity contribution in [2.24, 2.45) is 17.8 Å². The SMILES string of the molecule is CCNCc1cc(Br)cc(C)c1OCC1CC2CCC1C2. The highest BCUT2D eigenvalue weighted by atomic mass is 79.9. The lowest BCUT2D eigenvalue weighted by atomic mass is 9.89. The van der Waals surface area contributed by atoms with Crippen molar-refractivity contribution in [1.29, 1.82) is 0 Å². The highest BCUT2D eigenvalue weighted by Crippen LogP contribution is 2.48. The lowest BCUT2D eigenvalue weighted by Crippen LogP contribution is -2.20. The van der Waals surface area contributed by atoms with Gasteiger partial charge in [-0.15, -0.1) is 0 Å². The van der Waals surface area contributed by atoms with E-state index in [4.69, 9.17) is 4.74 Å². The zero-order valence-corrected chi connectivity index (χ0v) is 14.7. The molecule has 0 spiro atoms. The molecule has 21 heavy (non-hydrogen) atoms. The summed E-state index contributed by atoms with van der Waals surface area (Å²) in [5, 5.41) is 3.41. The third-order valence-corrected chi connectivity index (χ3v) is 5.67. The van der Waals surface area contributed by atoms with Crippen LogP contribution in [0.5, 0.6) is 5.75 Å². The summed E-state index contributed by atoms with van der Waals surface area (Å²) in [7, 11) is 0. The minimum absolute atomic E-state index is 0.791. The summed E-state index contributed by atoms with van der Waals surface area (Å²) in [5.74, 6) is 3.82. The van der Waals surface area contributed by atoms with Crippen molar-refractivity contribution in [3.8, 4) is 5.75 Å². The van der Waals surface area contributed by atoms with Gasteiger partial charge < -0.3 is 10.1 Å². The quantitative estimate of drug-likeness (QED) is 0.803. The van der Waals surface area contributed by atoms with Gasteiger partial charge in [0.25, 0.3) is 0 Å². The third kappa shape index (κ3) is 3.45. The van der Waals surface area contributed by atoms with Gasteiger partial charge in [0.1, 0.15) is 5.75 Å². The largest absolute Gasteiger partial charge is 0.493 e. The summed E-state index contributed by atoms with van der Waals surface area (Å²) in [4.78, 5) is 0. The highest BCUT2D eigenvalue weighted by molar-refractivity contribution is 9.10. The average Bonchev–Trinajstić information content (AvgIpc) is 3.06. The first-order valence-electron chi connectivity index (χ1n) is 8.30. The second kappa shape index (κ2) is 6.70. The van der Waals surface area contributed by atoms with Crippen molar-refractivity contribution in [3.05, 3.63) is 27.7 Å². The molecular weight excluding hydrogens is 326 g/mol. The van der Waals surface area contributed by atoms with E-state index < -0.39 is 0 Å². The zero-order valence-electron chi connectivity index (χ0n) is 13.1. The number of hydrogen-bond acceptors (Lipinski definition) is 2. The fourth-order valence-corrected chi connectivity index (χ4v) is 4.79. The Morgan fingerprint density at radius 2 is 2.14 bits per heavy atom. The lowest BCUT2D eigenvalue weighted by molar-refractivity contribution is 0.193. The number of hydrogen-bond donors (Lipinski definition) is 1. The van der Waals surface area contributed by atoms with Gasteiger partial charge in [-0.25, -0.2) is 0 Å². The topological polar surface area (TPSA) is 21.3 Å². The molecule has 2 saturated carbocycles. The predicted molar refractivity (Wildman–Crippen MR) is 90.7 cm³/mol. The number of ether oxygens (including phenoxy) is 1. The summed E-state index contributed by atoms with van der Waals surface area (Å²) in [6.07, 6.45) is 5.74. The molecule has 3 heteroatoms. The number of benzene rings is 1. The molecule has 3 rings (SSSR count). The maximum absolute atomic E-state index is 6.30. The Balaban J connectivity index is 1.68. The predicted octanol–water partition coefficient (Wildman–Crippen LogP) is 4.68. The van der Waals surface area contributed by atoms with Crippen molar-refractivity contribution < 1.29 is 4.74 Å². The van der Waals surface area contributed by atoms with Gasteiger partial charge in [0.05, 0.1) is 6.61 Å². The van der Waals surface area contributed by atoms with Crippen LogP contribution >= 0.6 is 15.9 Å². The molecule has 1 aromatic rings. The minimum Gasteiger partial charge on any atom is -0.493 e. The molecule has 2 bridgehead atoms. The van der Waals surface area contributed by atoms with Gasteiger partial charge in [-0.1, -0.05) is 29.3 Å². The summed E-state index contributed by atoms with van der Waals surface area (Å²) < 4.78 is 7.43. The van der Waals surface area contributed by atoms with Gasteiger partial charge in [-0.3, -0.25) is 0 Å². The summed E-state index contributed by atoms with van der Waals surface area (Å²) >= 11 is 3.60. The normalized spacial score (nSPS) is 27.3. The average molecular weight is 352 g/mol. The molecule has 1 N–H and O–H groups in total. The Kier molecular flexibility index (Phi) is 4.90. The first-order valence-corrected chi connectivity index (χ1v) is 9.09. The second-order valence-corrected chi connectivity index (χ2v) is 7.65. The third-order valence-electron chi connectivity index (χ3n) is 5.21. The maximum atomic E-state index is 6.30. The van der Waals surface area contributed by atoms with Crippen LogP contribution in [0, 0.1) is 24.7 Å². The van der Waals surface area contributed by atoms with Crippen molar-refractivity contribution in [1.82, 2.24) is 5.32 Å². The molecule has 116 valence electrons. The highest BCUT2D eigenvalue weighted by Gasteiger charge is 2.39. The Bertz CT molecular complexity index is 502. The van der Waals surface area contributed by atoms with E-state index in [9.17, 15) is 0 Å². The zero-order chi connectivity index (χ0) is 14.8. The van der Waals surface area contributed by atoms with Gasteiger partial charge in [0.2, 0.25) is 0 Å². The van der Waals surface area contributed by atoms with E-state index >= 15 is 0 Å². The Morgan fingerprint density at radius 3 is 2.81 bits per heavy atom. The molecule has 0 saturated heterocycles. The molecule has 3 atom stereocenters. The summed E-state index contributed by atoms with van der Waals surface area (Å²) in [5.41, 5.74) is 2.51. The molecule has 2 fully saturated rings. The monoisotopic (exact) mass is 351 g/mol. The summed E-state index contributed by atoms with van der Waals surface area (Å²) in [6.45, 7) is 7.06. The van der Waals surface area contributed by atoms with Crippen LogP contribution in [0.2, 0.25) is 0 Å². The molecular formula is C18H26BrNO. The Labute approximate surface area is 136 Å². The molecule has 3 unspecified atom stereocenters. The Morgan fingerprint density at radius 1 is 1.29 bits per heavy atom. The van der Waals surface area contributed by atoms with E-state index in [1.807, 2.05) is 0 Å². The molecule has 0 heterocycles. The van der Waals surface area contributed by atoms with Crippen molar-refractivity contribution in [3.63, 3.8) is 0 Å². The maximum Gasteiger partial charge on any atom is 0.126 e. The lowest BCUT2D eigenvalue weighted by Gasteiger charge is -2.23. The van der Waals surface area contributed by atoms with Crippen molar-refractivity contribution in [2.75, 3.05) is 13.2 Å². The van der Waals surface area contributed by atoms with E-state index in [-0.39, 0.29) is 0 Å². The van der Waals surface area contributed by atoms with Gasteiger partial charge in [0, 0.05) is 16.6 Å².